The molecule has 0 aromatic heterocycles. The van der Waals surface area contributed by atoms with Crippen molar-refractivity contribution >= 4 is 33.3 Å². The summed E-state index contributed by atoms with van der Waals surface area (Å²) in [5, 5.41) is 1.95. The monoisotopic (exact) mass is 243 g/mol. The molecular formula is C7H9N5O3S. The van der Waals surface area contributed by atoms with Crippen LogP contribution in [0.25, 0.3) is 0 Å². The number of nitrogens with one attached hydrogen (secondary N) is 1. The third-order valence-electron chi connectivity index (χ3n) is 2.06. The highest BCUT2D eigenvalue weighted by atomic mass is 32.2. The molecule has 0 aliphatic carbocycles. The van der Waals surface area contributed by atoms with E-state index in [1.807, 2.05) is 0 Å². The zero-order valence-electron chi connectivity index (χ0n) is 8.58. The number of hydrogen-bond acceptors (Lipinski definition) is 6. The minimum Gasteiger partial charge on any atom is -0.314 e. The van der Waals surface area contributed by atoms with Gasteiger partial charge in [0.25, 0.3) is 21.1 Å². The number of nitrogens with zero attached hydrogens (tertiary/aromatic N) is 4. The number of amides is 1. The minimum atomic E-state index is -3.72. The van der Waals surface area contributed by atoms with Crippen LogP contribution in [0, 0.1) is 0 Å². The van der Waals surface area contributed by atoms with Crippen molar-refractivity contribution in [2.75, 3.05) is 14.1 Å². The highest BCUT2D eigenvalue weighted by molar-refractivity contribution is 8.04. The summed E-state index contributed by atoms with van der Waals surface area (Å²) in [6.45, 7) is 0. The van der Waals surface area contributed by atoms with Crippen molar-refractivity contribution in [3.05, 3.63) is 0 Å². The smallest absolute Gasteiger partial charge is 0.278 e. The van der Waals surface area contributed by atoms with Crippen LogP contribution < -0.4 is 5.32 Å². The molecule has 16 heavy (non-hydrogen) atoms. The van der Waals surface area contributed by atoms with E-state index in [4.69, 9.17) is 0 Å². The SMILES string of the molecule is CN(C)S(=O)(=O)C1=NC2C(=O)NC=NC2=N1. The molecule has 0 aromatic carbocycles. The fourth-order valence-electron chi connectivity index (χ4n) is 1.16. The van der Waals surface area contributed by atoms with Crippen molar-refractivity contribution < 1.29 is 13.2 Å². The van der Waals surface area contributed by atoms with Gasteiger partial charge >= 0.3 is 0 Å². The van der Waals surface area contributed by atoms with Crippen molar-refractivity contribution in [1.29, 1.82) is 0 Å². The number of aliphatic imine (C=N–C) groups is 3. The minimum absolute atomic E-state index is 0.101. The third-order valence-corrected chi connectivity index (χ3v) is 3.68. The zero-order chi connectivity index (χ0) is 11.9. The quantitative estimate of drug-likeness (QED) is 0.586. The first-order valence-electron chi connectivity index (χ1n) is 4.35. The molecule has 9 heteroatoms. The maximum Gasteiger partial charge on any atom is 0.278 e. The van der Waals surface area contributed by atoms with Crippen LogP contribution in [0.4, 0.5) is 0 Å². The molecule has 86 valence electrons. The summed E-state index contributed by atoms with van der Waals surface area (Å²) in [4.78, 5) is 22.6. The normalized spacial score (nSPS) is 23.9. The molecule has 0 spiro atoms. The van der Waals surface area contributed by atoms with Crippen LogP contribution in [0.5, 0.6) is 0 Å². The second-order valence-electron chi connectivity index (χ2n) is 3.34. The number of carbonyl (C=O) groups is 1. The Morgan fingerprint density at radius 1 is 1.44 bits per heavy atom. The predicted molar refractivity (Wildman–Crippen MR) is 57.9 cm³/mol. The fourth-order valence-corrected chi connectivity index (χ4v) is 1.93. The van der Waals surface area contributed by atoms with Crippen LogP contribution in [0.1, 0.15) is 0 Å². The lowest BCUT2D eigenvalue weighted by atomic mass is 10.2. The number of carbonyl (C=O) groups excluding carboxylic acids is 1. The lowest BCUT2D eigenvalue weighted by Crippen LogP contribution is -2.40. The van der Waals surface area contributed by atoms with E-state index < -0.39 is 22.0 Å². The molecule has 1 atom stereocenters. The van der Waals surface area contributed by atoms with Gasteiger partial charge in [0.05, 0.1) is 6.34 Å². The molecule has 0 saturated carbocycles. The number of fused-ring (bicyclic) bond motifs is 1. The van der Waals surface area contributed by atoms with E-state index in [0.29, 0.717) is 0 Å². The first kappa shape index (κ1) is 10.9. The second kappa shape index (κ2) is 3.46. The maximum absolute atomic E-state index is 11.7. The van der Waals surface area contributed by atoms with Gasteiger partial charge in [-0.15, -0.1) is 0 Å². The van der Waals surface area contributed by atoms with E-state index >= 15 is 0 Å². The van der Waals surface area contributed by atoms with E-state index in [1.54, 1.807) is 0 Å². The van der Waals surface area contributed by atoms with Crippen LogP contribution in [0.2, 0.25) is 0 Å². The summed E-state index contributed by atoms with van der Waals surface area (Å²) < 4.78 is 24.4. The average molecular weight is 243 g/mol. The number of sulfonamides is 1. The van der Waals surface area contributed by atoms with E-state index in [1.165, 1.54) is 20.4 Å². The van der Waals surface area contributed by atoms with Gasteiger partial charge in [-0.25, -0.2) is 22.7 Å². The summed E-state index contributed by atoms with van der Waals surface area (Å²) in [5.41, 5.74) is 0. The molecule has 0 fully saturated rings. The van der Waals surface area contributed by atoms with Crippen LogP contribution in [0.15, 0.2) is 15.0 Å². The lowest BCUT2D eigenvalue weighted by Gasteiger charge is -2.09. The first-order chi connectivity index (χ1) is 7.43. The van der Waals surface area contributed by atoms with Gasteiger partial charge in [-0.3, -0.25) is 4.79 Å². The Morgan fingerprint density at radius 3 is 2.69 bits per heavy atom. The van der Waals surface area contributed by atoms with Crippen LogP contribution in [-0.2, 0) is 14.8 Å². The Morgan fingerprint density at radius 2 is 2.12 bits per heavy atom. The standard InChI is InChI=1S/C7H9N5O3S/c1-12(2)16(14,15)7-10-4-5(11-7)8-3-9-6(4)13/h3-4H,1-2H3,(H,8,9,10,11,13). The molecule has 1 amide bonds. The van der Waals surface area contributed by atoms with Crippen molar-refractivity contribution in [1.82, 2.24) is 9.62 Å². The highest BCUT2D eigenvalue weighted by Gasteiger charge is 2.36. The van der Waals surface area contributed by atoms with Gasteiger partial charge in [0.2, 0.25) is 0 Å². The van der Waals surface area contributed by atoms with Crippen molar-refractivity contribution in [2.45, 2.75) is 6.04 Å². The molecule has 2 aliphatic rings. The molecule has 2 heterocycles. The second-order valence-corrected chi connectivity index (χ2v) is 5.38. The molecule has 0 radical (unpaired) electrons. The summed E-state index contributed by atoms with van der Waals surface area (Å²) in [5.74, 6) is -0.332. The Bertz CT molecular complexity index is 530. The largest absolute Gasteiger partial charge is 0.314 e. The average Bonchev–Trinajstić information content (AvgIpc) is 2.63. The summed E-state index contributed by atoms with van der Waals surface area (Å²) >= 11 is 0. The zero-order valence-corrected chi connectivity index (χ0v) is 9.39. The van der Waals surface area contributed by atoms with Gasteiger partial charge < -0.3 is 5.32 Å². The van der Waals surface area contributed by atoms with E-state index in [9.17, 15) is 13.2 Å². The Kier molecular flexibility index (Phi) is 2.35. The molecule has 1 N–H and O–H groups in total. The Hall–Kier alpha value is -1.61. The molecule has 0 bridgehead atoms. The van der Waals surface area contributed by atoms with E-state index in [0.717, 1.165) is 4.31 Å². The Balaban J connectivity index is 2.43. The van der Waals surface area contributed by atoms with E-state index in [2.05, 4.69) is 20.3 Å². The van der Waals surface area contributed by atoms with Gasteiger partial charge in [-0.2, -0.15) is 4.99 Å². The molecule has 8 nitrogen and oxygen atoms in total. The summed E-state index contributed by atoms with van der Waals surface area (Å²) in [6, 6.07) is -0.949. The highest BCUT2D eigenvalue weighted by Crippen LogP contribution is 2.14. The Labute approximate surface area is 91.8 Å². The molecule has 1 unspecified atom stereocenters. The molecular weight excluding hydrogens is 234 g/mol. The number of rotatable bonds is 1. The van der Waals surface area contributed by atoms with Gasteiger partial charge in [0.15, 0.2) is 11.9 Å². The van der Waals surface area contributed by atoms with Crippen LogP contribution >= 0.6 is 0 Å². The van der Waals surface area contributed by atoms with Gasteiger partial charge in [-0.05, 0) is 0 Å². The molecule has 0 aromatic rings. The van der Waals surface area contributed by atoms with Crippen molar-refractivity contribution in [3.63, 3.8) is 0 Å². The third kappa shape index (κ3) is 1.53. The van der Waals surface area contributed by atoms with Gasteiger partial charge in [0, 0.05) is 14.1 Å². The topological polar surface area (TPSA) is 104 Å². The first-order valence-corrected chi connectivity index (χ1v) is 5.79. The van der Waals surface area contributed by atoms with Gasteiger partial charge in [0.1, 0.15) is 0 Å². The summed E-state index contributed by atoms with van der Waals surface area (Å²) in [6.07, 6.45) is 1.17. The van der Waals surface area contributed by atoms with Crippen LogP contribution in [0.3, 0.4) is 0 Å². The van der Waals surface area contributed by atoms with E-state index in [-0.39, 0.29) is 11.0 Å². The van der Waals surface area contributed by atoms with Gasteiger partial charge in [-0.1, -0.05) is 0 Å². The fraction of sp³-hybridized carbons (Fsp3) is 0.429. The summed E-state index contributed by atoms with van der Waals surface area (Å²) in [7, 11) is -0.987. The van der Waals surface area contributed by atoms with Crippen molar-refractivity contribution in [2.24, 2.45) is 15.0 Å². The van der Waals surface area contributed by atoms with Crippen molar-refractivity contribution in [3.8, 4) is 0 Å². The number of amidine groups is 2. The predicted octanol–water partition coefficient (Wildman–Crippen LogP) is -1.83. The molecule has 2 aliphatic heterocycles. The lowest BCUT2D eigenvalue weighted by molar-refractivity contribution is -0.119. The number of hydrogen-bond donors (Lipinski definition) is 1. The molecule has 0 saturated heterocycles. The maximum atomic E-state index is 11.7. The molecule has 2 rings (SSSR count). The van der Waals surface area contributed by atoms with Crippen LogP contribution in [-0.4, -0.2) is 56.1 Å².